The van der Waals surface area contributed by atoms with E-state index in [4.69, 9.17) is 5.73 Å². The number of nitrogens with zero attached hydrogens (tertiary/aromatic N) is 2. The van der Waals surface area contributed by atoms with E-state index in [0.29, 0.717) is 16.7 Å². The number of halogens is 1. The maximum atomic E-state index is 14.5. The lowest BCUT2D eigenvalue weighted by Crippen LogP contribution is -2.26. The van der Waals surface area contributed by atoms with Crippen LogP contribution in [0.2, 0.25) is 0 Å². The lowest BCUT2D eigenvalue weighted by molar-refractivity contribution is -0.114. The molecule has 1 aromatic heterocycles. The molecule has 0 unspecified atom stereocenters. The summed E-state index contributed by atoms with van der Waals surface area (Å²) in [5.41, 5.74) is 8.38. The van der Waals surface area contributed by atoms with Crippen molar-refractivity contribution in [1.82, 2.24) is 4.98 Å². The maximum absolute atomic E-state index is 14.5. The van der Waals surface area contributed by atoms with E-state index >= 15 is 0 Å². The molecule has 7 heteroatoms. The van der Waals surface area contributed by atoms with Crippen molar-refractivity contribution in [2.45, 2.75) is 26.3 Å². The third-order valence-electron chi connectivity index (χ3n) is 5.21. The first kappa shape index (κ1) is 22.2. The molecular formula is C24H27FN4O2. The number of amides is 1. The summed E-state index contributed by atoms with van der Waals surface area (Å²) in [5.74, 6) is -0.149. The van der Waals surface area contributed by atoms with E-state index in [2.05, 4.69) is 21.8 Å². The average molecular weight is 423 g/mol. The minimum absolute atomic E-state index is 0.00171. The Hall–Kier alpha value is -3.45. The van der Waals surface area contributed by atoms with Gasteiger partial charge in [0.25, 0.3) is 0 Å². The van der Waals surface area contributed by atoms with Gasteiger partial charge in [0.05, 0.1) is 5.69 Å². The van der Waals surface area contributed by atoms with Gasteiger partial charge in [-0.1, -0.05) is 24.8 Å². The fourth-order valence-corrected chi connectivity index (χ4v) is 3.56. The van der Waals surface area contributed by atoms with Crippen LogP contribution in [-0.2, 0) is 4.79 Å². The summed E-state index contributed by atoms with van der Waals surface area (Å²) in [6.45, 7) is 8.40. The lowest BCUT2D eigenvalue weighted by Gasteiger charge is -2.18. The number of carbonyl (C=O) groups is 1. The molecule has 1 aliphatic rings. The molecule has 0 aliphatic carbocycles. The van der Waals surface area contributed by atoms with Crippen molar-refractivity contribution in [3.05, 3.63) is 78.0 Å². The first-order valence-electron chi connectivity index (χ1n) is 10.1. The van der Waals surface area contributed by atoms with Crippen LogP contribution in [0.5, 0.6) is 0 Å². The van der Waals surface area contributed by atoms with Gasteiger partial charge in [0.15, 0.2) is 0 Å². The Morgan fingerprint density at radius 2 is 2.10 bits per heavy atom. The summed E-state index contributed by atoms with van der Waals surface area (Å²) in [4.78, 5) is 17.8. The number of nitrogens with one attached hydrogen (secondary N) is 1. The van der Waals surface area contributed by atoms with Crippen LogP contribution >= 0.6 is 0 Å². The van der Waals surface area contributed by atoms with E-state index in [1.54, 1.807) is 25.3 Å². The maximum Gasteiger partial charge on any atom is 0.221 e. The Morgan fingerprint density at radius 3 is 2.71 bits per heavy atom. The molecule has 2 aromatic rings. The highest BCUT2D eigenvalue weighted by atomic mass is 19.1. The van der Waals surface area contributed by atoms with Gasteiger partial charge in [-0.3, -0.25) is 4.79 Å². The summed E-state index contributed by atoms with van der Waals surface area (Å²) < 4.78 is 14.5. The minimum atomic E-state index is -0.593. The van der Waals surface area contributed by atoms with E-state index < -0.39 is 5.82 Å². The van der Waals surface area contributed by atoms with E-state index in [-0.39, 0.29) is 23.4 Å². The summed E-state index contributed by atoms with van der Waals surface area (Å²) >= 11 is 0. The molecule has 0 saturated carbocycles. The van der Waals surface area contributed by atoms with Crippen LogP contribution in [0.25, 0.3) is 11.1 Å². The summed E-state index contributed by atoms with van der Waals surface area (Å²) in [7, 11) is 0. The number of rotatable bonds is 6. The molecule has 1 saturated heterocycles. The lowest BCUT2D eigenvalue weighted by atomic mass is 9.97. The van der Waals surface area contributed by atoms with Crippen molar-refractivity contribution in [3.63, 3.8) is 0 Å². The highest BCUT2D eigenvalue weighted by Crippen LogP contribution is 2.31. The standard InChI is InChI=1S/C24H27FN4O2/c1-4-5-20(18-6-7-22(21(25)12-18)28-16(3)30)24(31)15(2)17-8-10-27-23(13-17)29-11-9-19(26)14-29/h4-8,10,12-13,19,31H,1,9,11,14,26H2,2-3H3,(H,28,30)/b20-5-,24-15-/t19-/m1/s1. The molecule has 1 atom stereocenters. The summed E-state index contributed by atoms with van der Waals surface area (Å²) in [5, 5.41) is 13.5. The average Bonchev–Trinajstić information content (AvgIpc) is 3.19. The first-order valence-corrected chi connectivity index (χ1v) is 10.1. The zero-order valence-electron chi connectivity index (χ0n) is 17.7. The van der Waals surface area contributed by atoms with Crippen LogP contribution in [0.4, 0.5) is 15.9 Å². The Labute approximate surface area is 181 Å². The number of aliphatic hydroxyl groups is 1. The molecule has 31 heavy (non-hydrogen) atoms. The Kier molecular flexibility index (Phi) is 6.87. The van der Waals surface area contributed by atoms with Crippen LogP contribution in [0.15, 0.2) is 61.0 Å². The van der Waals surface area contributed by atoms with Crippen molar-refractivity contribution in [3.8, 4) is 0 Å². The normalized spacial score (nSPS) is 17.4. The number of hydrogen-bond donors (Lipinski definition) is 3. The van der Waals surface area contributed by atoms with Crippen molar-refractivity contribution < 1.29 is 14.3 Å². The van der Waals surface area contributed by atoms with Crippen molar-refractivity contribution >= 4 is 28.6 Å². The highest BCUT2D eigenvalue weighted by Gasteiger charge is 2.21. The van der Waals surface area contributed by atoms with Gasteiger partial charge in [-0.25, -0.2) is 9.37 Å². The molecule has 4 N–H and O–H groups in total. The molecule has 162 valence electrons. The van der Waals surface area contributed by atoms with Gasteiger partial charge < -0.3 is 21.1 Å². The molecule has 1 aromatic carbocycles. The van der Waals surface area contributed by atoms with Gasteiger partial charge in [-0.05, 0) is 54.3 Å². The molecule has 0 spiro atoms. The topological polar surface area (TPSA) is 91.5 Å². The number of carbonyl (C=O) groups excluding carboxylic acids is 1. The number of nitrogens with two attached hydrogens (primary N) is 1. The van der Waals surface area contributed by atoms with Gasteiger partial charge in [0.1, 0.15) is 17.4 Å². The number of pyridine rings is 1. The van der Waals surface area contributed by atoms with Gasteiger partial charge in [-0.2, -0.15) is 0 Å². The third-order valence-corrected chi connectivity index (χ3v) is 5.21. The molecule has 2 heterocycles. The molecule has 1 aliphatic heterocycles. The smallest absolute Gasteiger partial charge is 0.221 e. The number of anilines is 2. The number of hydrogen-bond acceptors (Lipinski definition) is 5. The largest absolute Gasteiger partial charge is 0.507 e. The van der Waals surface area contributed by atoms with Crippen molar-refractivity contribution in [1.29, 1.82) is 0 Å². The SMILES string of the molecule is C=C/C=C(\C(O)=C(/C)c1ccnc(N2CC[C@@H](N)C2)c1)c1ccc(NC(C)=O)c(F)c1. The second kappa shape index (κ2) is 9.57. The Balaban J connectivity index is 1.96. The molecule has 3 rings (SSSR count). The fourth-order valence-electron chi connectivity index (χ4n) is 3.56. The molecule has 1 amide bonds. The van der Waals surface area contributed by atoms with Gasteiger partial charge in [-0.15, -0.1) is 0 Å². The van der Waals surface area contributed by atoms with Crippen molar-refractivity contribution in [2.75, 3.05) is 23.3 Å². The van der Waals surface area contributed by atoms with E-state index in [9.17, 15) is 14.3 Å². The second-order valence-electron chi connectivity index (χ2n) is 7.56. The monoisotopic (exact) mass is 422 g/mol. The van der Waals surface area contributed by atoms with E-state index in [1.165, 1.54) is 25.1 Å². The summed E-state index contributed by atoms with van der Waals surface area (Å²) in [6, 6.07) is 8.23. The first-order chi connectivity index (χ1) is 14.8. The molecule has 6 nitrogen and oxygen atoms in total. The summed E-state index contributed by atoms with van der Waals surface area (Å²) in [6.07, 6.45) is 5.76. The molecule has 1 fully saturated rings. The highest BCUT2D eigenvalue weighted by molar-refractivity contribution is 5.90. The van der Waals surface area contributed by atoms with E-state index in [0.717, 1.165) is 30.9 Å². The Morgan fingerprint density at radius 1 is 1.32 bits per heavy atom. The zero-order chi connectivity index (χ0) is 22.5. The van der Waals surface area contributed by atoms with Crippen LogP contribution in [0.3, 0.4) is 0 Å². The molecular weight excluding hydrogens is 395 g/mol. The predicted octanol–water partition coefficient (Wildman–Crippen LogP) is 4.28. The van der Waals surface area contributed by atoms with Gasteiger partial charge in [0, 0.05) is 37.8 Å². The van der Waals surface area contributed by atoms with Crippen LogP contribution in [-0.4, -0.2) is 35.1 Å². The fraction of sp³-hybridized carbons (Fsp3) is 0.250. The number of aromatic nitrogens is 1. The number of allylic oxidation sites excluding steroid dienone is 4. The number of benzene rings is 1. The zero-order valence-corrected chi connectivity index (χ0v) is 17.7. The number of aliphatic hydroxyl groups excluding tert-OH is 1. The molecule has 0 bridgehead atoms. The predicted molar refractivity (Wildman–Crippen MR) is 123 cm³/mol. The van der Waals surface area contributed by atoms with Crippen molar-refractivity contribution in [2.24, 2.45) is 5.73 Å². The third kappa shape index (κ3) is 5.19. The van der Waals surface area contributed by atoms with Gasteiger partial charge in [0.2, 0.25) is 5.91 Å². The van der Waals surface area contributed by atoms with Crippen LogP contribution in [0, 0.1) is 5.82 Å². The van der Waals surface area contributed by atoms with Crippen LogP contribution < -0.4 is 16.0 Å². The minimum Gasteiger partial charge on any atom is -0.507 e. The quantitative estimate of drug-likeness (QED) is 0.478. The van der Waals surface area contributed by atoms with E-state index in [1.807, 2.05) is 12.1 Å². The second-order valence-corrected chi connectivity index (χ2v) is 7.56. The van der Waals surface area contributed by atoms with Gasteiger partial charge >= 0.3 is 0 Å². The Bertz CT molecular complexity index is 1060. The molecule has 0 radical (unpaired) electrons. The van der Waals surface area contributed by atoms with Crippen LogP contribution in [0.1, 0.15) is 31.4 Å².